The monoisotopic (exact) mass is 701 g/mol. The maximum absolute atomic E-state index is 13.0. The van der Waals surface area contributed by atoms with Crippen molar-refractivity contribution in [1.82, 2.24) is 30.7 Å². The number of carbonyl (C=O) groups is 5. The van der Waals surface area contributed by atoms with Gasteiger partial charge in [0, 0.05) is 36.1 Å². The van der Waals surface area contributed by atoms with Gasteiger partial charge in [0.2, 0.25) is 17.7 Å². The van der Waals surface area contributed by atoms with Crippen LogP contribution in [0.25, 0.3) is 27.6 Å². The number of anilines is 1. The van der Waals surface area contributed by atoms with Crippen LogP contribution in [0.2, 0.25) is 0 Å². The van der Waals surface area contributed by atoms with Crippen LogP contribution >= 0.6 is 0 Å². The molecule has 0 spiro atoms. The second kappa shape index (κ2) is 19.9. The summed E-state index contributed by atoms with van der Waals surface area (Å²) in [6.45, 7) is 10.4. The number of aromatic nitrogens is 1. The van der Waals surface area contributed by atoms with Crippen LogP contribution in [-0.4, -0.2) is 98.2 Å². The van der Waals surface area contributed by atoms with Crippen LogP contribution in [-0.2, 0) is 23.9 Å². The van der Waals surface area contributed by atoms with Crippen LogP contribution in [0, 0.1) is 0 Å². The minimum atomic E-state index is -0.727. The SMILES string of the molecule is C=C(CN(CCC)C(=O)CNC(=O)OC)N/C(=C\C)c1ccc(-c2ccc3c(NC(=O)CN(CCC)C(=O)CNC(=O)OC)nccc3c2)cc1. The van der Waals surface area contributed by atoms with E-state index in [2.05, 4.69) is 42.3 Å². The largest absolute Gasteiger partial charge is 0.453 e. The Balaban J connectivity index is 1.68. The van der Waals surface area contributed by atoms with E-state index in [4.69, 9.17) is 0 Å². The van der Waals surface area contributed by atoms with E-state index >= 15 is 0 Å². The number of fused-ring (bicyclic) bond motifs is 1. The third-order valence-electron chi connectivity index (χ3n) is 7.70. The Labute approximate surface area is 298 Å². The van der Waals surface area contributed by atoms with Crippen LogP contribution in [0.5, 0.6) is 0 Å². The van der Waals surface area contributed by atoms with Gasteiger partial charge in [-0.1, -0.05) is 62.9 Å². The molecule has 0 saturated carbocycles. The predicted octanol–water partition coefficient (Wildman–Crippen LogP) is 4.49. The van der Waals surface area contributed by atoms with Gasteiger partial charge >= 0.3 is 12.2 Å². The average molecular weight is 702 g/mol. The van der Waals surface area contributed by atoms with Gasteiger partial charge in [0.1, 0.15) is 18.9 Å². The molecular weight excluding hydrogens is 654 g/mol. The first-order chi connectivity index (χ1) is 24.5. The number of hydrogen-bond donors (Lipinski definition) is 4. The Morgan fingerprint density at radius 1 is 0.804 bits per heavy atom. The van der Waals surface area contributed by atoms with Gasteiger partial charge in [-0.05, 0) is 54.0 Å². The van der Waals surface area contributed by atoms with Crippen molar-refractivity contribution in [3.8, 4) is 11.1 Å². The van der Waals surface area contributed by atoms with Gasteiger partial charge in [-0.3, -0.25) is 14.4 Å². The molecule has 0 bridgehead atoms. The van der Waals surface area contributed by atoms with E-state index in [0.717, 1.165) is 39.6 Å². The molecule has 14 heteroatoms. The van der Waals surface area contributed by atoms with Crippen LogP contribution in [0.15, 0.2) is 73.1 Å². The van der Waals surface area contributed by atoms with E-state index in [9.17, 15) is 24.0 Å². The molecule has 272 valence electrons. The molecule has 2 aromatic carbocycles. The standard InChI is InChI=1S/C37H47N7O7/c1-7-18-43(33(46)21-39-36(48)50-5)23-25(4)41-31(9-3)27-12-10-26(11-13-27)28-14-15-30-29(20-28)16-17-38-35(30)42-32(45)24-44(19-8-2)34(47)22-40-37(49)51-6/h9-17,20,41H,4,7-8,18-19,21-24H2,1-3,5-6H3,(H,39,48)(H,40,49)(H,38,42,45)/b31-9-. The zero-order valence-electron chi connectivity index (χ0n) is 29.8. The summed E-state index contributed by atoms with van der Waals surface area (Å²) in [6.07, 6.45) is 3.53. The van der Waals surface area contributed by atoms with E-state index in [0.29, 0.717) is 31.0 Å². The van der Waals surface area contributed by atoms with Crippen LogP contribution in [0.3, 0.4) is 0 Å². The third-order valence-corrected chi connectivity index (χ3v) is 7.70. The lowest BCUT2D eigenvalue weighted by atomic mass is 10.00. The fourth-order valence-corrected chi connectivity index (χ4v) is 5.20. The van der Waals surface area contributed by atoms with Crippen molar-refractivity contribution >= 4 is 52.2 Å². The van der Waals surface area contributed by atoms with Crippen molar-refractivity contribution in [2.75, 3.05) is 58.8 Å². The molecule has 3 rings (SSSR count). The number of amides is 5. The van der Waals surface area contributed by atoms with Crippen LogP contribution < -0.4 is 21.3 Å². The molecular formula is C37H47N7O7. The summed E-state index contributed by atoms with van der Waals surface area (Å²) in [5, 5.41) is 12.5. The number of carbonyl (C=O) groups excluding carboxylic acids is 5. The summed E-state index contributed by atoms with van der Waals surface area (Å²) < 4.78 is 9.06. The van der Waals surface area contributed by atoms with Gasteiger partial charge in [-0.25, -0.2) is 14.6 Å². The number of alkyl carbamates (subject to hydrolysis) is 2. The normalized spacial score (nSPS) is 10.9. The lowest BCUT2D eigenvalue weighted by Gasteiger charge is -2.24. The van der Waals surface area contributed by atoms with Crippen LogP contribution in [0.1, 0.15) is 39.2 Å². The van der Waals surface area contributed by atoms with Gasteiger partial charge < -0.3 is 40.5 Å². The molecule has 0 aliphatic carbocycles. The van der Waals surface area contributed by atoms with Crippen molar-refractivity contribution in [2.45, 2.75) is 33.6 Å². The molecule has 0 aliphatic rings. The molecule has 3 aromatic rings. The quantitative estimate of drug-likeness (QED) is 0.158. The summed E-state index contributed by atoms with van der Waals surface area (Å²) >= 11 is 0. The summed E-state index contributed by atoms with van der Waals surface area (Å²) in [5.41, 5.74) is 4.31. The first-order valence-corrected chi connectivity index (χ1v) is 16.6. The maximum Gasteiger partial charge on any atom is 0.407 e. The molecule has 1 aromatic heterocycles. The minimum Gasteiger partial charge on any atom is -0.453 e. The van der Waals surface area contributed by atoms with Gasteiger partial charge in [-0.2, -0.15) is 0 Å². The van der Waals surface area contributed by atoms with Gasteiger partial charge in [0.25, 0.3) is 0 Å². The predicted molar refractivity (Wildman–Crippen MR) is 196 cm³/mol. The highest BCUT2D eigenvalue weighted by Crippen LogP contribution is 2.28. The van der Waals surface area contributed by atoms with E-state index < -0.39 is 24.0 Å². The second-order valence-corrected chi connectivity index (χ2v) is 11.5. The lowest BCUT2D eigenvalue weighted by molar-refractivity contribution is -0.133. The molecule has 0 atom stereocenters. The highest BCUT2D eigenvalue weighted by atomic mass is 16.5. The number of benzene rings is 2. The maximum atomic E-state index is 13.0. The Morgan fingerprint density at radius 2 is 1.37 bits per heavy atom. The molecule has 0 fully saturated rings. The first kappa shape index (κ1) is 39.5. The summed E-state index contributed by atoms with van der Waals surface area (Å²) in [6, 6.07) is 15.7. The molecule has 14 nitrogen and oxygen atoms in total. The highest BCUT2D eigenvalue weighted by Gasteiger charge is 2.19. The molecule has 5 amide bonds. The fraction of sp³-hybridized carbons (Fsp3) is 0.351. The Kier molecular flexibility index (Phi) is 15.4. The topological polar surface area (TPSA) is 171 Å². The van der Waals surface area contributed by atoms with Gasteiger partial charge in [0.05, 0.1) is 27.3 Å². The molecule has 0 radical (unpaired) electrons. The molecule has 0 unspecified atom stereocenters. The first-order valence-electron chi connectivity index (χ1n) is 16.6. The molecule has 4 N–H and O–H groups in total. The van der Waals surface area contributed by atoms with Crippen molar-refractivity contribution in [1.29, 1.82) is 0 Å². The zero-order chi connectivity index (χ0) is 37.3. The smallest absolute Gasteiger partial charge is 0.407 e. The van der Waals surface area contributed by atoms with Crippen molar-refractivity contribution in [2.24, 2.45) is 0 Å². The zero-order valence-corrected chi connectivity index (χ0v) is 29.8. The number of hydrogen-bond acceptors (Lipinski definition) is 9. The second-order valence-electron chi connectivity index (χ2n) is 11.5. The van der Waals surface area contributed by atoms with E-state index in [-0.39, 0.29) is 32.1 Å². The van der Waals surface area contributed by atoms with E-state index in [1.807, 2.05) is 75.4 Å². The number of rotatable bonds is 17. The fourth-order valence-electron chi connectivity index (χ4n) is 5.20. The van der Waals surface area contributed by atoms with Crippen molar-refractivity contribution in [3.63, 3.8) is 0 Å². The van der Waals surface area contributed by atoms with E-state index in [1.54, 1.807) is 11.1 Å². The summed E-state index contributed by atoms with van der Waals surface area (Å²) in [7, 11) is 2.45. The molecule has 0 aliphatic heterocycles. The Bertz CT molecular complexity index is 1740. The molecule has 51 heavy (non-hydrogen) atoms. The molecule has 1 heterocycles. The number of pyridine rings is 1. The third kappa shape index (κ3) is 11.9. The Hall–Kier alpha value is -5.92. The lowest BCUT2D eigenvalue weighted by Crippen LogP contribution is -2.44. The number of nitrogens with one attached hydrogen (secondary N) is 4. The van der Waals surface area contributed by atoms with Gasteiger partial charge in [0.15, 0.2) is 0 Å². The average Bonchev–Trinajstić information content (AvgIpc) is 3.14. The minimum absolute atomic E-state index is 0.169. The molecule has 0 saturated heterocycles. The number of allylic oxidation sites excluding steroid dienone is 1. The summed E-state index contributed by atoms with van der Waals surface area (Å²) in [4.78, 5) is 68.4. The number of ether oxygens (including phenoxy) is 2. The number of methoxy groups -OCH3 is 2. The number of nitrogens with zero attached hydrogens (tertiary/aromatic N) is 3. The Morgan fingerprint density at radius 3 is 1.92 bits per heavy atom. The van der Waals surface area contributed by atoms with Gasteiger partial charge in [-0.15, -0.1) is 0 Å². The van der Waals surface area contributed by atoms with Crippen molar-refractivity contribution in [3.05, 3.63) is 78.6 Å². The van der Waals surface area contributed by atoms with E-state index in [1.165, 1.54) is 19.1 Å². The van der Waals surface area contributed by atoms with Crippen LogP contribution in [0.4, 0.5) is 15.4 Å². The summed E-state index contributed by atoms with van der Waals surface area (Å²) in [5.74, 6) is -0.683. The highest BCUT2D eigenvalue weighted by molar-refractivity contribution is 6.03. The van der Waals surface area contributed by atoms with Crippen molar-refractivity contribution < 1.29 is 33.4 Å².